The number of aromatic nitrogens is 1. The van der Waals surface area contributed by atoms with Gasteiger partial charge in [0.15, 0.2) is 0 Å². The molecule has 3 heterocycles. The summed E-state index contributed by atoms with van der Waals surface area (Å²) < 4.78 is 5.77. The zero-order chi connectivity index (χ0) is 17.8. The SMILES string of the molecule is O=C(CCc1c[nH]c2ccccc12)N(Cc1cccs1)CC1CCCO1. The maximum Gasteiger partial charge on any atom is 0.223 e. The Morgan fingerprint density at radius 2 is 2.19 bits per heavy atom. The first-order valence-electron chi connectivity index (χ1n) is 9.26. The molecular formula is C21H24N2O2S. The molecule has 1 saturated heterocycles. The minimum atomic E-state index is 0.187. The van der Waals surface area contributed by atoms with E-state index < -0.39 is 0 Å². The van der Waals surface area contributed by atoms with Gasteiger partial charge in [0.25, 0.3) is 0 Å². The number of fused-ring (bicyclic) bond motifs is 1. The summed E-state index contributed by atoms with van der Waals surface area (Å²) in [5, 5.41) is 3.28. The number of hydrogen-bond acceptors (Lipinski definition) is 3. The third kappa shape index (κ3) is 4.00. The molecule has 1 aliphatic rings. The van der Waals surface area contributed by atoms with E-state index in [1.165, 1.54) is 15.8 Å². The molecule has 1 amide bonds. The highest BCUT2D eigenvalue weighted by Crippen LogP contribution is 2.21. The van der Waals surface area contributed by atoms with Crippen molar-refractivity contribution < 1.29 is 9.53 Å². The smallest absolute Gasteiger partial charge is 0.223 e. The number of aryl methyl sites for hydroxylation is 1. The minimum absolute atomic E-state index is 0.187. The Morgan fingerprint density at radius 1 is 1.27 bits per heavy atom. The summed E-state index contributed by atoms with van der Waals surface area (Å²) in [5.41, 5.74) is 2.34. The number of carbonyl (C=O) groups excluding carboxylic acids is 1. The van der Waals surface area contributed by atoms with E-state index in [1.807, 2.05) is 29.3 Å². The third-order valence-electron chi connectivity index (χ3n) is 5.01. The molecule has 0 saturated carbocycles. The molecule has 5 heteroatoms. The van der Waals surface area contributed by atoms with E-state index in [4.69, 9.17) is 4.74 Å². The lowest BCUT2D eigenvalue weighted by atomic mass is 10.1. The van der Waals surface area contributed by atoms with Crippen molar-refractivity contribution in [3.05, 3.63) is 58.4 Å². The first-order chi connectivity index (χ1) is 12.8. The Labute approximate surface area is 157 Å². The Kier molecular flexibility index (Phi) is 5.37. The molecule has 0 spiro atoms. The summed E-state index contributed by atoms with van der Waals surface area (Å²) in [4.78, 5) is 19.5. The van der Waals surface area contributed by atoms with E-state index >= 15 is 0 Å². The molecule has 4 nitrogen and oxygen atoms in total. The zero-order valence-corrected chi connectivity index (χ0v) is 15.6. The molecule has 0 aliphatic carbocycles. The lowest BCUT2D eigenvalue weighted by Gasteiger charge is -2.25. The highest BCUT2D eigenvalue weighted by Gasteiger charge is 2.23. The van der Waals surface area contributed by atoms with Gasteiger partial charge in [-0.2, -0.15) is 0 Å². The number of thiophene rings is 1. The zero-order valence-electron chi connectivity index (χ0n) is 14.8. The van der Waals surface area contributed by atoms with Gasteiger partial charge in [-0.1, -0.05) is 24.3 Å². The van der Waals surface area contributed by atoms with Gasteiger partial charge in [-0.15, -0.1) is 11.3 Å². The van der Waals surface area contributed by atoms with Crippen LogP contribution in [0.15, 0.2) is 48.0 Å². The molecule has 3 aromatic rings. The van der Waals surface area contributed by atoms with Gasteiger partial charge < -0.3 is 14.6 Å². The average Bonchev–Trinajstić information content (AvgIpc) is 3.41. The van der Waals surface area contributed by atoms with E-state index in [0.29, 0.717) is 19.5 Å². The summed E-state index contributed by atoms with van der Waals surface area (Å²) in [6.07, 6.45) is 5.65. The molecule has 2 aromatic heterocycles. The van der Waals surface area contributed by atoms with Crippen LogP contribution >= 0.6 is 11.3 Å². The number of carbonyl (C=O) groups is 1. The predicted molar refractivity (Wildman–Crippen MR) is 105 cm³/mol. The van der Waals surface area contributed by atoms with Crippen LogP contribution in [0.4, 0.5) is 0 Å². The van der Waals surface area contributed by atoms with Gasteiger partial charge in [0.1, 0.15) is 0 Å². The van der Waals surface area contributed by atoms with Crippen LogP contribution in [0.2, 0.25) is 0 Å². The van der Waals surface area contributed by atoms with Gasteiger partial charge in [-0.25, -0.2) is 0 Å². The molecule has 1 fully saturated rings. The second-order valence-corrected chi connectivity index (χ2v) is 7.88. The van der Waals surface area contributed by atoms with Crippen LogP contribution in [0, 0.1) is 0 Å². The number of H-pyrrole nitrogens is 1. The molecule has 0 bridgehead atoms. The number of nitrogens with zero attached hydrogens (tertiary/aromatic N) is 1. The van der Waals surface area contributed by atoms with Crippen LogP contribution in [0.5, 0.6) is 0 Å². The van der Waals surface area contributed by atoms with Gasteiger partial charge in [0.2, 0.25) is 5.91 Å². The Balaban J connectivity index is 1.42. The van der Waals surface area contributed by atoms with Gasteiger partial charge in [-0.3, -0.25) is 4.79 Å². The van der Waals surface area contributed by atoms with Crippen molar-refractivity contribution in [1.29, 1.82) is 0 Å². The largest absolute Gasteiger partial charge is 0.376 e. The first-order valence-corrected chi connectivity index (χ1v) is 10.1. The van der Waals surface area contributed by atoms with Crippen LogP contribution in [0.3, 0.4) is 0 Å². The molecular weight excluding hydrogens is 344 g/mol. The van der Waals surface area contributed by atoms with Crippen LogP contribution < -0.4 is 0 Å². The number of nitrogens with one attached hydrogen (secondary N) is 1. The number of ether oxygens (including phenoxy) is 1. The van der Waals surface area contributed by atoms with Crippen molar-refractivity contribution in [2.24, 2.45) is 0 Å². The van der Waals surface area contributed by atoms with Crippen molar-refractivity contribution in [2.75, 3.05) is 13.2 Å². The fourth-order valence-corrected chi connectivity index (χ4v) is 4.34. The standard InChI is InChI=1S/C21H24N2O2S/c24-21(10-9-16-13-22-20-8-2-1-7-19(16)20)23(14-17-5-3-11-25-17)15-18-6-4-12-26-18/h1-2,4,6-8,12-13,17,22H,3,5,9-11,14-15H2. The van der Waals surface area contributed by atoms with Crippen molar-refractivity contribution in [2.45, 2.75) is 38.3 Å². The summed E-state index contributed by atoms with van der Waals surface area (Å²) in [5.74, 6) is 0.208. The fourth-order valence-electron chi connectivity index (χ4n) is 3.62. The fraction of sp³-hybridized carbons (Fsp3) is 0.381. The van der Waals surface area contributed by atoms with E-state index in [2.05, 4.69) is 28.6 Å². The highest BCUT2D eigenvalue weighted by atomic mass is 32.1. The molecule has 1 unspecified atom stereocenters. The van der Waals surface area contributed by atoms with Crippen molar-refractivity contribution in [3.63, 3.8) is 0 Å². The van der Waals surface area contributed by atoms with Crippen LogP contribution in [0.1, 0.15) is 29.7 Å². The maximum absolute atomic E-state index is 13.0. The van der Waals surface area contributed by atoms with Crippen LogP contribution in [0.25, 0.3) is 10.9 Å². The average molecular weight is 369 g/mol. The second-order valence-electron chi connectivity index (χ2n) is 6.85. The Morgan fingerprint density at radius 3 is 3.00 bits per heavy atom. The Bertz CT molecular complexity index is 850. The molecule has 136 valence electrons. The quantitative estimate of drug-likeness (QED) is 0.673. The van der Waals surface area contributed by atoms with Crippen molar-refractivity contribution >= 4 is 28.1 Å². The molecule has 1 aliphatic heterocycles. The lowest BCUT2D eigenvalue weighted by Crippen LogP contribution is -2.36. The first kappa shape index (κ1) is 17.3. The van der Waals surface area contributed by atoms with E-state index in [-0.39, 0.29) is 12.0 Å². The van der Waals surface area contributed by atoms with Gasteiger partial charge in [0.05, 0.1) is 12.6 Å². The summed E-state index contributed by atoms with van der Waals surface area (Å²) >= 11 is 1.70. The predicted octanol–water partition coefficient (Wildman–Crippen LogP) is 4.37. The van der Waals surface area contributed by atoms with E-state index in [0.717, 1.165) is 31.4 Å². The van der Waals surface area contributed by atoms with E-state index in [9.17, 15) is 4.79 Å². The molecule has 1 atom stereocenters. The van der Waals surface area contributed by atoms with Crippen LogP contribution in [-0.2, 0) is 22.5 Å². The number of rotatable bonds is 7. The second kappa shape index (κ2) is 8.06. The number of amides is 1. The van der Waals surface area contributed by atoms with Crippen molar-refractivity contribution in [3.8, 4) is 0 Å². The minimum Gasteiger partial charge on any atom is -0.376 e. The maximum atomic E-state index is 13.0. The Hall–Kier alpha value is -2.11. The normalized spacial score (nSPS) is 17.0. The third-order valence-corrected chi connectivity index (χ3v) is 5.87. The molecule has 0 radical (unpaired) electrons. The number of aromatic amines is 1. The topological polar surface area (TPSA) is 45.3 Å². The molecule has 1 aromatic carbocycles. The summed E-state index contributed by atoms with van der Waals surface area (Å²) in [6.45, 7) is 2.20. The summed E-state index contributed by atoms with van der Waals surface area (Å²) in [6, 6.07) is 12.4. The van der Waals surface area contributed by atoms with Gasteiger partial charge in [-0.05, 0) is 42.3 Å². The molecule has 4 rings (SSSR count). The van der Waals surface area contributed by atoms with Gasteiger partial charge >= 0.3 is 0 Å². The van der Waals surface area contributed by atoms with Crippen molar-refractivity contribution in [1.82, 2.24) is 9.88 Å². The molecule has 1 N–H and O–H groups in total. The summed E-state index contributed by atoms with van der Waals surface area (Å²) in [7, 11) is 0. The number of benzene rings is 1. The van der Waals surface area contributed by atoms with E-state index in [1.54, 1.807) is 11.3 Å². The molecule has 26 heavy (non-hydrogen) atoms. The monoisotopic (exact) mass is 368 g/mol. The highest BCUT2D eigenvalue weighted by molar-refractivity contribution is 7.09. The lowest BCUT2D eigenvalue weighted by molar-refractivity contribution is -0.133. The number of para-hydroxylation sites is 1. The number of hydrogen-bond donors (Lipinski definition) is 1. The van der Waals surface area contributed by atoms with Gasteiger partial charge in [0, 0.05) is 41.5 Å². The van der Waals surface area contributed by atoms with Crippen LogP contribution in [-0.4, -0.2) is 35.0 Å².